The molecule has 3 aromatic rings. The van der Waals surface area contributed by atoms with Gasteiger partial charge in [0.05, 0.1) is 15.7 Å². The van der Waals surface area contributed by atoms with Crippen molar-refractivity contribution in [1.29, 1.82) is 0 Å². The highest BCUT2D eigenvalue weighted by atomic mass is 35.5. The lowest BCUT2D eigenvalue weighted by Gasteiger charge is -2.10. The second kappa shape index (κ2) is 8.97. The normalized spacial score (nSPS) is 10.6. The minimum atomic E-state index is 0.445. The number of rotatable bonds is 5. The molecule has 26 heavy (non-hydrogen) atoms. The number of thiazole rings is 1. The molecule has 4 nitrogen and oxygen atoms in total. The summed E-state index contributed by atoms with van der Waals surface area (Å²) in [5.41, 5.74) is 2.68. The number of aromatic nitrogens is 2. The number of nitrogens with one attached hydrogen (secondary N) is 2. The molecule has 0 radical (unpaired) electrons. The Morgan fingerprint density at radius 1 is 1.23 bits per heavy atom. The molecule has 0 saturated carbocycles. The van der Waals surface area contributed by atoms with E-state index < -0.39 is 0 Å². The van der Waals surface area contributed by atoms with Gasteiger partial charge >= 0.3 is 0 Å². The summed E-state index contributed by atoms with van der Waals surface area (Å²) >= 11 is 25.0. The molecular formula is C17H13Cl3N4S2. The first-order chi connectivity index (χ1) is 12.5. The van der Waals surface area contributed by atoms with Gasteiger partial charge in [0.15, 0.2) is 10.2 Å². The van der Waals surface area contributed by atoms with Gasteiger partial charge in [-0.2, -0.15) is 0 Å². The summed E-state index contributed by atoms with van der Waals surface area (Å²) in [7, 11) is 0. The Bertz CT molecular complexity index is 916. The molecule has 2 N–H and O–H groups in total. The number of hydrogen-bond donors (Lipinski definition) is 2. The average molecular weight is 444 g/mol. The Balaban J connectivity index is 1.53. The topological polar surface area (TPSA) is 49.8 Å². The second-order valence-electron chi connectivity index (χ2n) is 5.27. The standard InChI is InChI=1S/C17H13Cl3N4S2/c18-12-6-10(15(20)13(19)7-12)3-5-22-16(25)24-17-23-14(9-26-17)11-2-1-4-21-8-11/h1-2,4,6-9H,3,5H2,(H2,22,23,24,25). The number of nitrogens with zero attached hydrogens (tertiary/aromatic N) is 2. The molecule has 0 aliphatic rings. The van der Waals surface area contributed by atoms with E-state index in [4.69, 9.17) is 47.0 Å². The fraction of sp³-hybridized carbons (Fsp3) is 0.118. The number of anilines is 1. The van der Waals surface area contributed by atoms with Crippen molar-refractivity contribution in [2.24, 2.45) is 0 Å². The lowest BCUT2D eigenvalue weighted by atomic mass is 10.1. The summed E-state index contributed by atoms with van der Waals surface area (Å²) in [6, 6.07) is 7.26. The summed E-state index contributed by atoms with van der Waals surface area (Å²) in [4.78, 5) is 8.60. The van der Waals surface area contributed by atoms with E-state index in [9.17, 15) is 0 Å². The van der Waals surface area contributed by atoms with E-state index in [1.807, 2.05) is 17.5 Å². The lowest BCUT2D eigenvalue weighted by Crippen LogP contribution is -2.30. The third-order valence-electron chi connectivity index (χ3n) is 3.43. The largest absolute Gasteiger partial charge is 0.362 e. The van der Waals surface area contributed by atoms with Crippen LogP contribution < -0.4 is 10.6 Å². The summed E-state index contributed by atoms with van der Waals surface area (Å²) in [5, 5.41) is 10.9. The monoisotopic (exact) mass is 442 g/mol. The van der Waals surface area contributed by atoms with Gasteiger partial charge in [0.2, 0.25) is 0 Å². The van der Waals surface area contributed by atoms with E-state index in [2.05, 4.69) is 20.6 Å². The Morgan fingerprint density at radius 2 is 2.08 bits per heavy atom. The lowest BCUT2D eigenvalue weighted by molar-refractivity contribution is 0.873. The summed E-state index contributed by atoms with van der Waals surface area (Å²) in [5.74, 6) is 0. The molecule has 0 fully saturated rings. The molecule has 2 aromatic heterocycles. The Kier molecular flexibility index (Phi) is 6.67. The van der Waals surface area contributed by atoms with Crippen LogP contribution in [0.2, 0.25) is 15.1 Å². The van der Waals surface area contributed by atoms with E-state index in [0.29, 0.717) is 38.3 Å². The van der Waals surface area contributed by atoms with Gasteiger partial charge in [0, 0.05) is 34.9 Å². The third-order valence-corrected chi connectivity index (χ3v) is 5.49. The van der Waals surface area contributed by atoms with Crippen LogP contribution in [0.5, 0.6) is 0 Å². The highest BCUT2D eigenvalue weighted by molar-refractivity contribution is 7.80. The summed E-state index contributed by atoms with van der Waals surface area (Å²) in [6.45, 7) is 0.586. The number of benzene rings is 1. The van der Waals surface area contributed by atoms with Crippen molar-refractivity contribution in [1.82, 2.24) is 15.3 Å². The smallest absolute Gasteiger partial charge is 0.189 e. The van der Waals surface area contributed by atoms with Crippen LogP contribution in [-0.2, 0) is 6.42 Å². The first-order valence-electron chi connectivity index (χ1n) is 7.57. The fourth-order valence-electron chi connectivity index (χ4n) is 2.22. The maximum Gasteiger partial charge on any atom is 0.189 e. The third kappa shape index (κ3) is 5.05. The first kappa shape index (κ1) is 19.3. The molecule has 0 saturated heterocycles. The van der Waals surface area contributed by atoms with E-state index in [1.165, 1.54) is 11.3 Å². The Morgan fingerprint density at radius 3 is 2.85 bits per heavy atom. The maximum atomic E-state index is 6.19. The molecule has 0 spiro atoms. The van der Waals surface area contributed by atoms with Gasteiger partial charge in [0.1, 0.15) is 0 Å². The van der Waals surface area contributed by atoms with Gasteiger partial charge in [-0.1, -0.05) is 34.8 Å². The molecule has 0 unspecified atom stereocenters. The predicted octanol–water partition coefficient (Wildman–Crippen LogP) is 5.69. The van der Waals surface area contributed by atoms with Crippen LogP contribution >= 0.6 is 58.4 Å². The SMILES string of the molecule is S=C(NCCc1cc(Cl)cc(Cl)c1Cl)Nc1nc(-c2cccnc2)cs1. The van der Waals surface area contributed by atoms with Gasteiger partial charge in [-0.3, -0.25) is 4.98 Å². The van der Waals surface area contributed by atoms with Gasteiger partial charge in [0.25, 0.3) is 0 Å². The van der Waals surface area contributed by atoms with Crippen LogP contribution in [0.15, 0.2) is 42.0 Å². The van der Waals surface area contributed by atoms with Crippen molar-refractivity contribution in [3.63, 3.8) is 0 Å². The minimum Gasteiger partial charge on any atom is -0.362 e. The molecule has 0 aliphatic heterocycles. The van der Waals surface area contributed by atoms with Crippen LogP contribution in [0.3, 0.4) is 0 Å². The number of halogens is 3. The molecule has 2 heterocycles. The minimum absolute atomic E-state index is 0.445. The zero-order valence-electron chi connectivity index (χ0n) is 13.3. The maximum absolute atomic E-state index is 6.19. The summed E-state index contributed by atoms with van der Waals surface area (Å²) < 4.78 is 0. The van der Waals surface area contributed by atoms with E-state index >= 15 is 0 Å². The fourth-order valence-corrected chi connectivity index (χ4v) is 3.95. The van der Waals surface area contributed by atoms with Gasteiger partial charge in [-0.15, -0.1) is 11.3 Å². The average Bonchev–Trinajstić information content (AvgIpc) is 3.08. The predicted molar refractivity (Wildman–Crippen MR) is 115 cm³/mol. The van der Waals surface area contributed by atoms with Gasteiger partial charge in [-0.05, 0) is 48.5 Å². The highest BCUT2D eigenvalue weighted by Gasteiger charge is 2.08. The van der Waals surface area contributed by atoms with Crippen LogP contribution in [-0.4, -0.2) is 21.6 Å². The van der Waals surface area contributed by atoms with Gasteiger partial charge in [-0.25, -0.2) is 4.98 Å². The molecule has 9 heteroatoms. The van der Waals surface area contributed by atoms with E-state index in [-0.39, 0.29) is 0 Å². The number of thiocarbonyl (C=S) groups is 1. The molecule has 134 valence electrons. The zero-order valence-corrected chi connectivity index (χ0v) is 17.2. The summed E-state index contributed by atoms with van der Waals surface area (Å²) in [6.07, 6.45) is 4.14. The van der Waals surface area contributed by atoms with E-state index in [0.717, 1.165) is 16.8 Å². The van der Waals surface area contributed by atoms with Crippen molar-refractivity contribution in [3.8, 4) is 11.3 Å². The van der Waals surface area contributed by atoms with Crippen molar-refractivity contribution < 1.29 is 0 Å². The van der Waals surface area contributed by atoms with Crippen LogP contribution in [0, 0.1) is 0 Å². The van der Waals surface area contributed by atoms with Gasteiger partial charge < -0.3 is 10.6 Å². The van der Waals surface area contributed by atoms with Crippen LogP contribution in [0.25, 0.3) is 11.3 Å². The molecule has 1 aromatic carbocycles. The molecule has 3 rings (SSSR count). The molecular weight excluding hydrogens is 431 g/mol. The quantitative estimate of drug-likeness (QED) is 0.391. The van der Waals surface area contributed by atoms with Crippen LogP contribution in [0.1, 0.15) is 5.56 Å². The van der Waals surface area contributed by atoms with Crippen molar-refractivity contribution in [3.05, 3.63) is 62.7 Å². The van der Waals surface area contributed by atoms with Crippen molar-refractivity contribution in [2.75, 3.05) is 11.9 Å². The molecule has 0 aliphatic carbocycles. The number of pyridine rings is 1. The molecule has 0 bridgehead atoms. The Hall–Kier alpha value is -1.44. The van der Waals surface area contributed by atoms with E-state index in [1.54, 1.807) is 24.5 Å². The second-order valence-corrected chi connectivity index (χ2v) is 7.76. The Labute approximate surface area is 175 Å². The van der Waals surface area contributed by atoms with Crippen molar-refractivity contribution >= 4 is 68.6 Å². The van der Waals surface area contributed by atoms with Crippen molar-refractivity contribution in [2.45, 2.75) is 6.42 Å². The zero-order chi connectivity index (χ0) is 18.5. The number of hydrogen-bond acceptors (Lipinski definition) is 4. The van der Waals surface area contributed by atoms with Crippen LogP contribution in [0.4, 0.5) is 5.13 Å². The highest BCUT2D eigenvalue weighted by Crippen LogP contribution is 2.30. The first-order valence-corrected chi connectivity index (χ1v) is 9.99. The molecule has 0 atom stereocenters. The molecule has 0 amide bonds.